The normalized spacial score (nSPS) is 15.8. The number of nitrogens with one attached hydrogen (secondary N) is 3. The molecule has 9 heteroatoms. The van der Waals surface area contributed by atoms with Gasteiger partial charge < -0.3 is 20.7 Å². The molecule has 7 nitrogen and oxygen atoms in total. The van der Waals surface area contributed by atoms with Crippen LogP contribution in [0.15, 0.2) is 29.3 Å². The van der Waals surface area contributed by atoms with Crippen molar-refractivity contribution in [2.75, 3.05) is 52.5 Å². The fourth-order valence-corrected chi connectivity index (χ4v) is 3.42. The fraction of sp³-hybridized carbons (Fsp3) is 0.636. The first-order chi connectivity index (χ1) is 14.5. The van der Waals surface area contributed by atoms with Crippen LogP contribution in [0, 0.1) is 11.7 Å². The van der Waals surface area contributed by atoms with Crippen molar-refractivity contribution in [1.82, 2.24) is 20.9 Å². The molecule has 0 aromatic heterocycles. The molecule has 1 saturated heterocycles. The highest BCUT2D eigenvalue weighted by molar-refractivity contribution is 14.0. The quantitative estimate of drug-likeness (QED) is 0.180. The highest BCUT2D eigenvalue weighted by Gasteiger charge is 2.23. The molecule has 1 aromatic rings. The van der Waals surface area contributed by atoms with E-state index >= 15 is 0 Å². The molecule has 0 aliphatic carbocycles. The Balaban J connectivity index is 0.00000480. The van der Waals surface area contributed by atoms with Crippen LogP contribution in [-0.2, 0) is 16.0 Å². The van der Waals surface area contributed by atoms with Crippen LogP contribution in [-0.4, -0.2) is 75.3 Å². The van der Waals surface area contributed by atoms with E-state index in [4.69, 9.17) is 9.73 Å². The van der Waals surface area contributed by atoms with Gasteiger partial charge in [0.2, 0.25) is 5.91 Å². The van der Waals surface area contributed by atoms with Crippen LogP contribution >= 0.6 is 24.0 Å². The summed E-state index contributed by atoms with van der Waals surface area (Å²) in [4.78, 5) is 19.3. The van der Waals surface area contributed by atoms with Crippen molar-refractivity contribution in [3.05, 3.63) is 35.6 Å². The number of nitrogens with zero attached hydrogens (tertiary/aromatic N) is 2. The minimum atomic E-state index is -0.299. The first-order valence-electron chi connectivity index (χ1n) is 10.8. The van der Waals surface area contributed by atoms with Gasteiger partial charge in [-0.25, -0.2) is 4.39 Å². The molecule has 1 amide bonds. The first-order valence-corrected chi connectivity index (χ1v) is 10.8. The van der Waals surface area contributed by atoms with E-state index < -0.39 is 0 Å². The Morgan fingerprint density at radius 1 is 1.13 bits per heavy atom. The number of guanidine groups is 1. The minimum Gasteiger partial charge on any atom is -0.379 e. The van der Waals surface area contributed by atoms with Gasteiger partial charge in [0.1, 0.15) is 5.82 Å². The lowest BCUT2D eigenvalue weighted by Crippen LogP contribution is -2.48. The standard InChI is InChI=1S/C22H36FN5O2.HI/c1-4-24-22(27-16-20(17(2)3)28-11-13-30-14-12-28)26-10-9-25-21(29)15-18-5-7-19(23)8-6-18;/h5-8,17,20H,4,9-16H2,1-3H3,(H,25,29)(H2,24,26,27);1H. The fourth-order valence-electron chi connectivity index (χ4n) is 3.42. The molecular weight excluding hydrogens is 512 g/mol. The molecule has 1 fully saturated rings. The van der Waals surface area contributed by atoms with Crippen LogP contribution in [0.4, 0.5) is 4.39 Å². The molecule has 31 heavy (non-hydrogen) atoms. The van der Waals surface area contributed by atoms with Gasteiger partial charge in [-0.3, -0.25) is 14.7 Å². The summed E-state index contributed by atoms with van der Waals surface area (Å²) in [6.07, 6.45) is 0.240. The zero-order valence-corrected chi connectivity index (χ0v) is 21.2. The van der Waals surface area contributed by atoms with Gasteiger partial charge in [0.25, 0.3) is 0 Å². The Labute approximate surface area is 202 Å². The SMILES string of the molecule is CCNC(=NCC(C(C)C)N1CCOCC1)NCCNC(=O)Cc1ccc(F)cc1.I. The second-order valence-electron chi connectivity index (χ2n) is 7.76. The molecule has 0 spiro atoms. The smallest absolute Gasteiger partial charge is 0.224 e. The Morgan fingerprint density at radius 3 is 2.39 bits per heavy atom. The van der Waals surface area contributed by atoms with Crippen molar-refractivity contribution in [3.8, 4) is 0 Å². The number of aliphatic imine (C=N–C) groups is 1. The summed E-state index contributed by atoms with van der Waals surface area (Å²) in [5, 5.41) is 9.41. The lowest BCUT2D eigenvalue weighted by molar-refractivity contribution is -0.120. The number of benzene rings is 1. The molecule has 1 aromatic carbocycles. The van der Waals surface area contributed by atoms with Gasteiger partial charge in [-0.15, -0.1) is 24.0 Å². The molecule has 3 N–H and O–H groups in total. The average molecular weight is 549 g/mol. The van der Waals surface area contributed by atoms with E-state index in [1.54, 1.807) is 12.1 Å². The number of hydrogen-bond acceptors (Lipinski definition) is 4. The van der Waals surface area contributed by atoms with E-state index in [0.29, 0.717) is 31.6 Å². The number of halogens is 2. The third kappa shape index (κ3) is 10.6. The Hall–Kier alpha value is -1.46. The average Bonchev–Trinajstić information content (AvgIpc) is 2.73. The second kappa shape index (κ2) is 15.4. The lowest BCUT2D eigenvalue weighted by atomic mass is 10.0. The monoisotopic (exact) mass is 549 g/mol. The van der Waals surface area contributed by atoms with Crippen LogP contribution in [0.5, 0.6) is 0 Å². The molecule has 0 saturated carbocycles. The van der Waals surface area contributed by atoms with Crippen molar-refractivity contribution < 1.29 is 13.9 Å². The van der Waals surface area contributed by atoms with Gasteiger partial charge in [0.15, 0.2) is 5.96 Å². The maximum absolute atomic E-state index is 12.9. The number of amides is 1. The van der Waals surface area contributed by atoms with E-state index in [9.17, 15) is 9.18 Å². The van der Waals surface area contributed by atoms with Gasteiger partial charge in [0.05, 0.1) is 26.2 Å². The van der Waals surface area contributed by atoms with Crippen LogP contribution < -0.4 is 16.0 Å². The van der Waals surface area contributed by atoms with E-state index in [0.717, 1.165) is 44.4 Å². The van der Waals surface area contributed by atoms with Gasteiger partial charge in [-0.1, -0.05) is 26.0 Å². The summed E-state index contributed by atoms with van der Waals surface area (Å²) < 4.78 is 18.4. The summed E-state index contributed by atoms with van der Waals surface area (Å²) in [5.41, 5.74) is 0.791. The van der Waals surface area contributed by atoms with Crippen molar-refractivity contribution >= 4 is 35.8 Å². The third-order valence-corrected chi connectivity index (χ3v) is 5.08. The molecule has 0 radical (unpaired) electrons. The lowest BCUT2D eigenvalue weighted by Gasteiger charge is -2.36. The van der Waals surface area contributed by atoms with Crippen molar-refractivity contribution in [3.63, 3.8) is 0 Å². The number of rotatable bonds is 10. The van der Waals surface area contributed by atoms with Gasteiger partial charge in [0, 0.05) is 38.8 Å². The molecule has 1 unspecified atom stereocenters. The Kier molecular flexibility index (Phi) is 13.7. The molecule has 2 rings (SSSR count). The summed E-state index contributed by atoms with van der Waals surface area (Å²) in [5.74, 6) is 0.870. The van der Waals surface area contributed by atoms with Crippen molar-refractivity contribution in [2.45, 2.75) is 33.2 Å². The Bertz CT molecular complexity index is 666. The van der Waals surface area contributed by atoms with E-state index in [1.807, 2.05) is 6.92 Å². The maximum atomic E-state index is 12.9. The molecule has 1 heterocycles. The molecule has 1 atom stereocenters. The second-order valence-corrected chi connectivity index (χ2v) is 7.76. The maximum Gasteiger partial charge on any atom is 0.224 e. The van der Waals surface area contributed by atoms with Crippen molar-refractivity contribution in [1.29, 1.82) is 0 Å². The number of carbonyl (C=O) groups is 1. The summed E-state index contributed by atoms with van der Waals surface area (Å²) in [6, 6.07) is 6.36. The van der Waals surface area contributed by atoms with Gasteiger partial charge in [-0.05, 0) is 30.5 Å². The molecular formula is C22H37FIN5O2. The highest BCUT2D eigenvalue weighted by Crippen LogP contribution is 2.13. The van der Waals surface area contributed by atoms with Crippen LogP contribution in [0.25, 0.3) is 0 Å². The van der Waals surface area contributed by atoms with Crippen LogP contribution in [0.2, 0.25) is 0 Å². The zero-order chi connectivity index (χ0) is 21.8. The highest BCUT2D eigenvalue weighted by atomic mass is 127. The molecule has 0 bridgehead atoms. The first kappa shape index (κ1) is 27.6. The van der Waals surface area contributed by atoms with E-state index in [1.165, 1.54) is 12.1 Å². The van der Waals surface area contributed by atoms with E-state index in [-0.39, 0.29) is 42.1 Å². The summed E-state index contributed by atoms with van der Waals surface area (Å²) >= 11 is 0. The predicted molar refractivity (Wildman–Crippen MR) is 134 cm³/mol. The number of morpholine rings is 1. The predicted octanol–water partition coefficient (Wildman–Crippen LogP) is 2.01. The molecule has 1 aliphatic rings. The third-order valence-electron chi connectivity index (χ3n) is 5.08. The zero-order valence-electron chi connectivity index (χ0n) is 18.8. The topological polar surface area (TPSA) is 78.0 Å². The molecule has 176 valence electrons. The number of ether oxygens (including phenoxy) is 1. The summed E-state index contributed by atoms with van der Waals surface area (Å²) in [7, 11) is 0. The van der Waals surface area contributed by atoms with Crippen LogP contribution in [0.3, 0.4) is 0 Å². The Morgan fingerprint density at radius 2 is 1.77 bits per heavy atom. The largest absolute Gasteiger partial charge is 0.379 e. The van der Waals surface area contributed by atoms with Crippen LogP contribution in [0.1, 0.15) is 26.3 Å². The van der Waals surface area contributed by atoms with Gasteiger partial charge in [-0.2, -0.15) is 0 Å². The minimum absolute atomic E-state index is 0. The van der Waals surface area contributed by atoms with E-state index in [2.05, 4.69) is 34.7 Å². The summed E-state index contributed by atoms with van der Waals surface area (Å²) in [6.45, 7) is 12.5. The van der Waals surface area contributed by atoms with Crippen molar-refractivity contribution in [2.24, 2.45) is 10.9 Å². The number of carbonyl (C=O) groups excluding carboxylic acids is 1. The van der Waals surface area contributed by atoms with Gasteiger partial charge >= 0.3 is 0 Å². The number of hydrogen-bond donors (Lipinski definition) is 3. The molecule has 1 aliphatic heterocycles.